The van der Waals surface area contributed by atoms with E-state index in [1.54, 1.807) is 5.70 Å². The summed E-state index contributed by atoms with van der Waals surface area (Å²) < 4.78 is 0.474. The summed E-state index contributed by atoms with van der Waals surface area (Å²) in [5, 5.41) is 0. The van der Waals surface area contributed by atoms with Gasteiger partial charge in [0.1, 0.15) is 0 Å². The molecule has 0 saturated carbocycles. The number of thioether (sulfide) groups is 1. The van der Waals surface area contributed by atoms with Crippen molar-refractivity contribution in [1.82, 2.24) is 4.90 Å². The van der Waals surface area contributed by atoms with Gasteiger partial charge in [0, 0.05) is 19.3 Å². The topological polar surface area (TPSA) is 3.24 Å². The number of hydrogen-bond acceptors (Lipinski definition) is 2. The van der Waals surface area contributed by atoms with E-state index in [4.69, 9.17) is 0 Å². The number of piperidine rings is 1. The first-order valence-corrected chi connectivity index (χ1v) is 6.54. The van der Waals surface area contributed by atoms with Crippen molar-refractivity contribution in [3.63, 3.8) is 0 Å². The zero-order chi connectivity index (χ0) is 9.60. The molecule has 0 radical (unpaired) electrons. The van der Waals surface area contributed by atoms with Gasteiger partial charge in [-0.15, -0.1) is 24.2 Å². The lowest BCUT2D eigenvalue weighted by Gasteiger charge is -2.47. The number of hydrogen-bond donors (Lipinski definition) is 0. The Balaban J connectivity index is 0.000000853. The third-order valence-electron chi connectivity index (χ3n) is 3.95. The molecule has 2 aliphatic heterocycles. The van der Waals surface area contributed by atoms with Gasteiger partial charge in [-0.05, 0) is 37.0 Å². The molecule has 1 spiro atoms. The zero-order valence-electron chi connectivity index (χ0n) is 9.11. The summed E-state index contributed by atoms with van der Waals surface area (Å²) >= 11 is 2.20. The summed E-state index contributed by atoms with van der Waals surface area (Å²) in [7, 11) is 2.25. The molecule has 2 atom stereocenters. The first-order valence-electron chi connectivity index (χ1n) is 5.55. The zero-order valence-corrected chi connectivity index (χ0v) is 10.7. The summed E-state index contributed by atoms with van der Waals surface area (Å²) in [4.78, 5) is 2.47. The van der Waals surface area contributed by atoms with E-state index in [1.165, 1.54) is 31.6 Å². The van der Waals surface area contributed by atoms with E-state index in [0.29, 0.717) is 4.75 Å². The van der Waals surface area contributed by atoms with Crippen LogP contribution in [0.3, 0.4) is 0 Å². The predicted octanol–water partition coefficient (Wildman–Crippen LogP) is 3.08. The highest BCUT2D eigenvalue weighted by Crippen LogP contribution is 2.55. The lowest BCUT2D eigenvalue weighted by atomic mass is 9.77. The van der Waals surface area contributed by atoms with E-state index in [0.717, 1.165) is 5.92 Å². The lowest BCUT2D eigenvalue weighted by molar-refractivity contribution is 0.231. The number of rotatable bonds is 0. The van der Waals surface area contributed by atoms with Gasteiger partial charge in [0.2, 0.25) is 0 Å². The molecule has 3 rings (SSSR count). The smallest absolute Gasteiger partial charge is 0.0620 e. The molecule has 0 bridgehead atoms. The quantitative estimate of drug-likeness (QED) is 0.643. The van der Waals surface area contributed by atoms with Crippen LogP contribution in [0.2, 0.25) is 0 Å². The summed E-state index contributed by atoms with van der Waals surface area (Å²) in [6.07, 6.45) is 11.0. The highest BCUT2D eigenvalue weighted by atomic mass is 35.5. The monoisotopic (exact) mass is 243 g/mol. The molecule has 0 aromatic carbocycles. The van der Waals surface area contributed by atoms with Crippen LogP contribution >= 0.6 is 24.2 Å². The van der Waals surface area contributed by atoms with Crippen molar-refractivity contribution in [3.8, 4) is 0 Å². The fourth-order valence-electron chi connectivity index (χ4n) is 3.19. The fourth-order valence-corrected chi connectivity index (χ4v) is 5.01. The third kappa shape index (κ3) is 1.53. The van der Waals surface area contributed by atoms with E-state index < -0.39 is 0 Å². The Morgan fingerprint density at radius 1 is 1.47 bits per heavy atom. The maximum atomic E-state index is 2.47. The van der Waals surface area contributed by atoms with Gasteiger partial charge in [-0.25, -0.2) is 0 Å². The molecule has 0 N–H and O–H groups in total. The lowest BCUT2D eigenvalue weighted by Crippen LogP contribution is -2.46. The number of nitrogens with zero attached hydrogens (tertiary/aromatic N) is 1. The molecule has 3 aliphatic rings. The Hall–Kier alpha value is -0.0800. The first-order chi connectivity index (χ1) is 6.83. The molecule has 2 fully saturated rings. The van der Waals surface area contributed by atoms with Crippen LogP contribution in [0.1, 0.15) is 19.3 Å². The number of likely N-dealkylation sites (tertiary alicyclic amines) is 1. The molecular formula is C12H18ClNS. The highest BCUT2D eigenvalue weighted by molar-refractivity contribution is 8.01. The van der Waals surface area contributed by atoms with Gasteiger partial charge in [-0.1, -0.05) is 12.2 Å². The van der Waals surface area contributed by atoms with Crippen LogP contribution in [0.15, 0.2) is 23.9 Å². The average Bonchev–Trinajstić information content (AvgIpc) is 2.61. The van der Waals surface area contributed by atoms with Crippen molar-refractivity contribution in [2.24, 2.45) is 5.92 Å². The highest BCUT2D eigenvalue weighted by Gasteiger charge is 2.49. The van der Waals surface area contributed by atoms with Gasteiger partial charge in [-0.2, -0.15) is 0 Å². The molecule has 0 aromatic heterocycles. The second-order valence-corrected chi connectivity index (χ2v) is 6.04. The molecular weight excluding hydrogens is 226 g/mol. The minimum atomic E-state index is 0. The van der Waals surface area contributed by atoms with Crippen LogP contribution in [0.5, 0.6) is 0 Å². The second-order valence-electron chi connectivity index (χ2n) is 4.62. The molecule has 84 valence electrons. The summed E-state index contributed by atoms with van der Waals surface area (Å²) in [5.41, 5.74) is 1.60. The van der Waals surface area contributed by atoms with Crippen molar-refractivity contribution in [3.05, 3.63) is 23.9 Å². The molecule has 2 unspecified atom stereocenters. The minimum absolute atomic E-state index is 0. The third-order valence-corrected chi connectivity index (χ3v) is 5.62. The molecule has 2 heterocycles. The van der Waals surface area contributed by atoms with Gasteiger partial charge in [0.15, 0.2) is 0 Å². The van der Waals surface area contributed by atoms with E-state index in [2.05, 4.69) is 41.9 Å². The van der Waals surface area contributed by atoms with Crippen molar-refractivity contribution in [1.29, 1.82) is 0 Å². The maximum absolute atomic E-state index is 2.47. The first kappa shape index (κ1) is 11.4. The van der Waals surface area contributed by atoms with Crippen molar-refractivity contribution >= 4 is 24.2 Å². The minimum Gasteiger partial charge on any atom is -0.377 e. The Kier molecular flexibility index (Phi) is 3.09. The van der Waals surface area contributed by atoms with Gasteiger partial charge < -0.3 is 4.90 Å². The summed E-state index contributed by atoms with van der Waals surface area (Å²) in [6.45, 7) is 1.26. The molecule has 0 aromatic rings. The molecule has 15 heavy (non-hydrogen) atoms. The van der Waals surface area contributed by atoms with E-state index in [-0.39, 0.29) is 12.4 Å². The van der Waals surface area contributed by atoms with Gasteiger partial charge in [0.05, 0.1) is 4.75 Å². The average molecular weight is 244 g/mol. The number of halogens is 1. The van der Waals surface area contributed by atoms with Crippen molar-refractivity contribution < 1.29 is 0 Å². The van der Waals surface area contributed by atoms with Gasteiger partial charge >= 0.3 is 0 Å². The van der Waals surface area contributed by atoms with Gasteiger partial charge in [0.25, 0.3) is 0 Å². The molecule has 0 amide bonds. The Bertz CT molecular complexity index is 313. The largest absolute Gasteiger partial charge is 0.377 e. The van der Waals surface area contributed by atoms with Crippen LogP contribution in [0.25, 0.3) is 0 Å². The Morgan fingerprint density at radius 3 is 3.20 bits per heavy atom. The van der Waals surface area contributed by atoms with Gasteiger partial charge in [-0.3, -0.25) is 0 Å². The van der Waals surface area contributed by atoms with Crippen molar-refractivity contribution in [2.45, 2.75) is 24.0 Å². The summed E-state index contributed by atoms with van der Waals surface area (Å²) in [5.74, 6) is 2.31. The van der Waals surface area contributed by atoms with E-state index >= 15 is 0 Å². The van der Waals surface area contributed by atoms with Crippen LogP contribution in [0.4, 0.5) is 0 Å². The predicted molar refractivity (Wildman–Crippen MR) is 69.6 cm³/mol. The fraction of sp³-hybridized carbons (Fsp3) is 0.667. The normalized spacial score (nSPS) is 37.8. The van der Waals surface area contributed by atoms with E-state index in [1.807, 2.05) is 0 Å². The second kappa shape index (κ2) is 4.06. The molecule has 1 nitrogen and oxygen atoms in total. The SMILES string of the molecule is CN1CCC2CCSC23CC=CC=C13.Cl. The van der Waals surface area contributed by atoms with Crippen LogP contribution in [-0.4, -0.2) is 29.0 Å². The molecule has 3 heteroatoms. The maximum Gasteiger partial charge on any atom is 0.0620 e. The van der Waals surface area contributed by atoms with E-state index in [9.17, 15) is 0 Å². The number of allylic oxidation sites excluding steroid dienone is 3. The van der Waals surface area contributed by atoms with Crippen LogP contribution in [-0.2, 0) is 0 Å². The van der Waals surface area contributed by atoms with Crippen molar-refractivity contribution in [2.75, 3.05) is 19.3 Å². The van der Waals surface area contributed by atoms with Crippen LogP contribution in [0, 0.1) is 5.92 Å². The standard InChI is InChI=1S/C12H17NS.ClH/c1-13-8-5-10-6-9-14-12(10)7-3-2-4-11(12)13;/h2-4,10H,5-9H2,1H3;1H. The van der Waals surface area contributed by atoms with Crippen LogP contribution < -0.4 is 0 Å². The molecule has 2 saturated heterocycles. The Morgan fingerprint density at radius 2 is 2.33 bits per heavy atom. The summed E-state index contributed by atoms with van der Waals surface area (Å²) in [6, 6.07) is 0. The Labute approximate surface area is 102 Å². The molecule has 1 aliphatic carbocycles.